The first-order chi connectivity index (χ1) is 12.0. The lowest BCUT2D eigenvalue weighted by Crippen LogP contribution is -2.03. The van der Waals surface area contributed by atoms with Crippen LogP contribution in [0.3, 0.4) is 0 Å². The fraction of sp³-hybridized carbons (Fsp3) is 0.136. The van der Waals surface area contributed by atoms with Gasteiger partial charge < -0.3 is 9.84 Å². The van der Waals surface area contributed by atoms with Crippen molar-refractivity contribution in [3.05, 3.63) is 95.1 Å². The molecule has 0 amide bonds. The van der Waals surface area contributed by atoms with Crippen LogP contribution >= 0.6 is 0 Å². The normalized spacial score (nSPS) is 9.72. The number of rotatable bonds is 3. The van der Waals surface area contributed by atoms with E-state index in [1.807, 2.05) is 93.6 Å². The van der Waals surface area contributed by atoms with Crippen LogP contribution in [0, 0.1) is 20.8 Å². The van der Waals surface area contributed by atoms with E-state index in [2.05, 4.69) is 0 Å². The molecule has 3 heteroatoms. The van der Waals surface area contributed by atoms with E-state index in [1.54, 1.807) is 0 Å². The number of hydrogen-bond donors (Lipinski definition) is 1. The monoisotopic (exact) mass is 334 g/mol. The quantitative estimate of drug-likeness (QED) is 0.659. The van der Waals surface area contributed by atoms with Crippen molar-refractivity contribution in [2.75, 3.05) is 0 Å². The first kappa shape index (κ1) is 18.3. The van der Waals surface area contributed by atoms with Crippen LogP contribution in [-0.2, 0) is 0 Å². The van der Waals surface area contributed by atoms with E-state index in [1.165, 1.54) is 0 Å². The molecule has 0 aliphatic heterocycles. The molecule has 128 valence electrons. The highest BCUT2D eigenvalue weighted by Crippen LogP contribution is 2.19. The molecule has 1 N–H and O–H groups in total. The molecule has 0 fully saturated rings. The van der Waals surface area contributed by atoms with Crippen LogP contribution in [0.4, 0.5) is 0 Å². The minimum absolute atomic E-state index is 0.431. The topological polar surface area (TPSA) is 46.5 Å². The molecule has 0 spiro atoms. The lowest BCUT2D eigenvalue weighted by molar-refractivity contribution is 0.0695. The lowest BCUT2D eigenvalue weighted by atomic mass is 10.0. The number of carboxylic acid groups (broad SMARTS) is 1. The van der Waals surface area contributed by atoms with Crippen LogP contribution in [0.2, 0.25) is 0 Å². The first-order valence-electron chi connectivity index (χ1n) is 8.06. The average Bonchev–Trinajstić information content (AvgIpc) is 2.56. The molecule has 0 saturated carbocycles. The molecular weight excluding hydrogens is 312 g/mol. The Morgan fingerprint density at radius 1 is 0.760 bits per heavy atom. The fourth-order valence-electron chi connectivity index (χ4n) is 2.63. The smallest absolute Gasteiger partial charge is 0.336 e. The van der Waals surface area contributed by atoms with Crippen molar-refractivity contribution in [2.45, 2.75) is 20.8 Å². The molecule has 0 unspecified atom stereocenters. The van der Waals surface area contributed by atoms with E-state index >= 15 is 0 Å². The first-order valence-corrected chi connectivity index (χ1v) is 8.06. The molecule has 0 bridgehead atoms. The summed E-state index contributed by atoms with van der Waals surface area (Å²) < 4.78 is 5.58. The Hall–Kier alpha value is -3.07. The van der Waals surface area contributed by atoms with Gasteiger partial charge in [0.2, 0.25) is 0 Å². The molecule has 0 atom stereocenters. The van der Waals surface area contributed by atoms with E-state index in [0.29, 0.717) is 5.56 Å². The summed E-state index contributed by atoms with van der Waals surface area (Å²) in [5.41, 5.74) is 3.20. The van der Waals surface area contributed by atoms with Gasteiger partial charge in [-0.1, -0.05) is 54.1 Å². The van der Waals surface area contributed by atoms with Gasteiger partial charge in [0, 0.05) is 0 Å². The maximum Gasteiger partial charge on any atom is 0.336 e. The maximum absolute atomic E-state index is 10.8. The van der Waals surface area contributed by atoms with Gasteiger partial charge >= 0.3 is 5.97 Å². The van der Waals surface area contributed by atoms with Crippen LogP contribution in [-0.4, -0.2) is 11.1 Å². The Morgan fingerprint density at radius 3 is 1.52 bits per heavy atom. The highest BCUT2D eigenvalue weighted by Gasteiger charge is 2.09. The highest BCUT2D eigenvalue weighted by molar-refractivity contribution is 5.91. The van der Waals surface area contributed by atoms with E-state index in [9.17, 15) is 4.79 Å². The molecule has 0 radical (unpaired) electrons. The molecule has 0 aliphatic carbocycles. The van der Waals surface area contributed by atoms with Gasteiger partial charge in [-0.3, -0.25) is 0 Å². The zero-order valence-corrected chi connectivity index (χ0v) is 14.7. The van der Waals surface area contributed by atoms with Gasteiger partial charge in [-0.25, -0.2) is 4.79 Å². The molecule has 3 nitrogen and oxygen atoms in total. The van der Waals surface area contributed by atoms with Gasteiger partial charge in [0.05, 0.1) is 5.56 Å². The van der Waals surface area contributed by atoms with Gasteiger partial charge in [0.1, 0.15) is 11.5 Å². The number of para-hydroxylation sites is 2. The SMILES string of the molecule is Cc1cc(C)c(C(=O)O)c(C)c1.c1ccc(Oc2ccccc2)cc1. The molecule has 0 heterocycles. The summed E-state index contributed by atoms with van der Waals surface area (Å²) in [6.07, 6.45) is 0. The standard InChI is InChI=1S/C12H10O.C10H12O2/c1-3-7-11(8-4-1)13-12-9-5-2-6-10-12;1-6-4-7(2)9(10(11)12)8(3)5-6/h1-10H;4-5H,1-3H3,(H,11,12). The van der Waals surface area contributed by atoms with E-state index in [0.717, 1.165) is 28.2 Å². The van der Waals surface area contributed by atoms with Crippen LogP contribution in [0.25, 0.3) is 0 Å². The average molecular weight is 334 g/mol. The molecule has 25 heavy (non-hydrogen) atoms. The molecular formula is C22H22O3. The number of hydrogen-bond acceptors (Lipinski definition) is 2. The van der Waals surface area contributed by atoms with Crippen LogP contribution < -0.4 is 4.74 Å². The maximum atomic E-state index is 10.8. The molecule has 0 aromatic heterocycles. The molecule has 0 aliphatic rings. The van der Waals surface area contributed by atoms with Crippen LogP contribution in [0.15, 0.2) is 72.8 Å². The predicted octanol–water partition coefficient (Wildman–Crippen LogP) is 5.79. The van der Waals surface area contributed by atoms with Crippen molar-refractivity contribution in [1.29, 1.82) is 0 Å². The van der Waals surface area contributed by atoms with Gasteiger partial charge in [-0.15, -0.1) is 0 Å². The number of aryl methyl sites for hydroxylation is 3. The third kappa shape index (κ3) is 5.50. The van der Waals surface area contributed by atoms with Gasteiger partial charge in [-0.05, 0) is 56.2 Å². The number of aromatic carboxylic acids is 1. The summed E-state index contributed by atoms with van der Waals surface area (Å²) in [6, 6.07) is 23.3. The van der Waals surface area contributed by atoms with E-state index < -0.39 is 5.97 Å². The molecule has 3 rings (SSSR count). The van der Waals surface area contributed by atoms with Gasteiger partial charge in [-0.2, -0.15) is 0 Å². The van der Waals surface area contributed by atoms with Crippen molar-refractivity contribution < 1.29 is 14.6 Å². The number of carbonyl (C=O) groups is 1. The predicted molar refractivity (Wildman–Crippen MR) is 101 cm³/mol. The molecule has 3 aromatic carbocycles. The largest absolute Gasteiger partial charge is 0.478 e. The number of carboxylic acids is 1. The van der Waals surface area contributed by atoms with Crippen LogP contribution in [0.5, 0.6) is 11.5 Å². The fourth-order valence-corrected chi connectivity index (χ4v) is 2.63. The summed E-state index contributed by atoms with van der Waals surface area (Å²) in [4.78, 5) is 10.8. The summed E-state index contributed by atoms with van der Waals surface area (Å²) in [5, 5.41) is 8.84. The van der Waals surface area contributed by atoms with Gasteiger partial charge in [0.25, 0.3) is 0 Å². The molecule has 0 saturated heterocycles. The van der Waals surface area contributed by atoms with Gasteiger partial charge in [0.15, 0.2) is 0 Å². The van der Waals surface area contributed by atoms with Crippen molar-refractivity contribution in [3.63, 3.8) is 0 Å². The highest BCUT2D eigenvalue weighted by atomic mass is 16.5. The summed E-state index contributed by atoms with van der Waals surface area (Å²) in [6.45, 7) is 5.61. The summed E-state index contributed by atoms with van der Waals surface area (Å²) in [5.74, 6) is 0.896. The third-order valence-electron chi connectivity index (χ3n) is 3.61. The minimum atomic E-state index is -0.843. The Bertz CT molecular complexity index is 764. The number of benzene rings is 3. The van der Waals surface area contributed by atoms with E-state index in [4.69, 9.17) is 9.84 Å². The second kappa shape index (κ2) is 8.69. The summed E-state index contributed by atoms with van der Waals surface area (Å²) >= 11 is 0. The minimum Gasteiger partial charge on any atom is -0.478 e. The zero-order chi connectivity index (χ0) is 18.2. The number of ether oxygens (including phenoxy) is 1. The van der Waals surface area contributed by atoms with Crippen LogP contribution in [0.1, 0.15) is 27.0 Å². The van der Waals surface area contributed by atoms with Crippen molar-refractivity contribution in [3.8, 4) is 11.5 Å². The lowest BCUT2D eigenvalue weighted by Gasteiger charge is -2.05. The van der Waals surface area contributed by atoms with Crippen molar-refractivity contribution in [1.82, 2.24) is 0 Å². The Morgan fingerprint density at radius 2 is 1.16 bits per heavy atom. The Labute approximate surface area is 148 Å². The summed E-state index contributed by atoms with van der Waals surface area (Å²) in [7, 11) is 0. The van der Waals surface area contributed by atoms with E-state index in [-0.39, 0.29) is 0 Å². The molecule has 3 aromatic rings. The second-order valence-corrected chi connectivity index (χ2v) is 5.81. The van der Waals surface area contributed by atoms with Crippen molar-refractivity contribution >= 4 is 5.97 Å². The second-order valence-electron chi connectivity index (χ2n) is 5.81. The Balaban J connectivity index is 0.000000181. The van der Waals surface area contributed by atoms with Crippen molar-refractivity contribution in [2.24, 2.45) is 0 Å². The third-order valence-corrected chi connectivity index (χ3v) is 3.61. The Kier molecular flexibility index (Phi) is 6.35. The zero-order valence-electron chi connectivity index (χ0n) is 14.7.